The lowest BCUT2D eigenvalue weighted by atomic mass is 9.86. The molecule has 1 amide bonds. The maximum absolute atomic E-state index is 14.8. The molecule has 14 heteroatoms. The number of aromatic hydroxyl groups is 1. The van der Waals surface area contributed by atoms with E-state index in [0.29, 0.717) is 34.4 Å². The van der Waals surface area contributed by atoms with Gasteiger partial charge in [-0.05, 0) is 89.9 Å². The quantitative estimate of drug-likeness (QED) is 0.124. The highest BCUT2D eigenvalue weighted by Gasteiger charge is 2.59. The Kier molecular flexibility index (Phi) is 10.7. The van der Waals surface area contributed by atoms with Crippen LogP contribution in [0.5, 0.6) is 17.2 Å². The highest BCUT2D eigenvalue weighted by Crippen LogP contribution is 2.50. The second kappa shape index (κ2) is 16.3. The summed E-state index contributed by atoms with van der Waals surface area (Å²) in [5, 5.41) is 52.9. The number of nitrogens with one attached hydrogen (secondary N) is 2. The van der Waals surface area contributed by atoms with Crippen LogP contribution < -0.4 is 14.8 Å². The molecular formula is C49H49N3O11. The molecule has 2 fully saturated rings. The summed E-state index contributed by atoms with van der Waals surface area (Å²) in [4.78, 5) is 33.6. The van der Waals surface area contributed by atoms with Gasteiger partial charge >= 0.3 is 0 Å². The molecule has 5 aromatic rings. The summed E-state index contributed by atoms with van der Waals surface area (Å²) in [5.41, 5.74) is 3.21. The molecule has 5 heterocycles. The number of aromatic nitrogens is 1. The SMILES string of the molecule is CNCc1ccc2[nH]cc([C@H]3/C=C/c4c(OC)cc5cc(C6CCCC6)c6c(O)c5c4O[C@H]4O[C@H](CO3)[C@@H](O)[C@H](OC#CCc3cccc5c3CN(CC6=O)C5=O)[C@]4(O)CO)c2c1. The molecule has 326 valence electrons. The van der Waals surface area contributed by atoms with Crippen LogP contribution >= 0.6 is 0 Å². The van der Waals surface area contributed by atoms with E-state index in [4.69, 9.17) is 23.7 Å². The molecule has 6 N–H and O–H groups in total. The molecule has 4 aromatic carbocycles. The van der Waals surface area contributed by atoms with Crippen LogP contribution in [-0.4, -0.2) is 106 Å². The third kappa shape index (κ3) is 6.91. The Morgan fingerprint density at radius 1 is 1.08 bits per heavy atom. The lowest BCUT2D eigenvalue weighted by Crippen LogP contribution is -2.70. The number of phenols is 1. The number of benzene rings is 4. The van der Waals surface area contributed by atoms with Crippen LogP contribution in [0.3, 0.4) is 0 Å². The number of methoxy groups -OCH3 is 1. The zero-order valence-electron chi connectivity index (χ0n) is 35.0. The van der Waals surface area contributed by atoms with E-state index in [1.165, 1.54) is 12.0 Å². The van der Waals surface area contributed by atoms with Crippen molar-refractivity contribution in [1.82, 2.24) is 15.2 Å². The topological polar surface area (TPSA) is 192 Å². The number of ether oxygens (including phenoxy) is 5. The molecule has 1 aromatic heterocycles. The number of amides is 1. The van der Waals surface area contributed by atoms with Crippen LogP contribution in [0.4, 0.5) is 0 Å². The Morgan fingerprint density at radius 3 is 2.71 bits per heavy atom. The van der Waals surface area contributed by atoms with E-state index in [2.05, 4.69) is 28.4 Å². The van der Waals surface area contributed by atoms with Crippen LogP contribution in [-0.2, 0) is 33.7 Å². The third-order valence-electron chi connectivity index (χ3n) is 13.4. The minimum absolute atomic E-state index is 0.0340. The summed E-state index contributed by atoms with van der Waals surface area (Å²) in [7, 11) is 3.38. The predicted molar refractivity (Wildman–Crippen MR) is 231 cm³/mol. The van der Waals surface area contributed by atoms with Gasteiger partial charge in [0.05, 0.1) is 43.4 Å². The van der Waals surface area contributed by atoms with Crippen LogP contribution in [0.15, 0.2) is 60.8 Å². The number of H-pyrrole nitrogens is 1. The zero-order chi connectivity index (χ0) is 43.6. The Morgan fingerprint density at radius 2 is 1.92 bits per heavy atom. The first-order chi connectivity index (χ1) is 30.6. The van der Waals surface area contributed by atoms with Crippen molar-refractivity contribution in [2.24, 2.45) is 0 Å². The molecule has 8 bridgehead atoms. The number of aromatic amines is 1. The number of hydrogen-bond donors (Lipinski definition) is 6. The number of fused-ring (bicyclic) bond motifs is 5. The number of carbonyl (C=O) groups excluding carboxylic acids is 2. The molecule has 0 unspecified atom stereocenters. The first-order valence-corrected chi connectivity index (χ1v) is 21.5. The van der Waals surface area contributed by atoms with Gasteiger partial charge in [0.1, 0.15) is 41.7 Å². The van der Waals surface area contributed by atoms with Gasteiger partial charge in [-0.3, -0.25) is 9.59 Å². The first-order valence-electron chi connectivity index (χ1n) is 21.5. The molecule has 1 aliphatic carbocycles. The Bertz CT molecular complexity index is 2750. The van der Waals surface area contributed by atoms with Gasteiger partial charge in [-0.15, -0.1) is 0 Å². The van der Waals surface area contributed by atoms with Crippen LogP contribution in [0.1, 0.15) is 91.8 Å². The summed E-state index contributed by atoms with van der Waals surface area (Å²) in [6, 6.07) is 15.1. The molecule has 10 rings (SSSR count). The molecule has 1 saturated carbocycles. The fraction of sp³-hybridized carbons (Fsp3) is 0.388. The number of aliphatic hydroxyl groups is 3. The minimum atomic E-state index is -2.45. The zero-order valence-corrected chi connectivity index (χ0v) is 35.0. The smallest absolute Gasteiger partial charge is 0.254 e. The molecule has 0 radical (unpaired) electrons. The number of hydrogen-bond acceptors (Lipinski definition) is 12. The Hall–Kier alpha value is -5.92. The van der Waals surface area contributed by atoms with Crippen molar-refractivity contribution < 1.29 is 53.7 Å². The van der Waals surface area contributed by atoms with Gasteiger partial charge in [0.2, 0.25) is 6.29 Å². The van der Waals surface area contributed by atoms with E-state index in [1.807, 2.05) is 37.5 Å². The van der Waals surface area contributed by atoms with Crippen LogP contribution in [0, 0.1) is 12.0 Å². The number of ketones is 1. The maximum Gasteiger partial charge on any atom is 0.254 e. The van der Waals surface area contributed by atoms with Crippen molar-refractivity contribution in [2.45, 2.75) is 87.4 Å². The van der Waals surface area contributed by atoms with E-state index in [9.17, 15) is 30.0 Å². The highest BCUT2D eigenvalue weighted by atomic mass is 16.7. The lowest BCUT2D eigenvalue weighted by molar-refractivity contribution is -0.328. The van der Waals surface area contributed by atoms with Gasteiger partial charge in [0.15, 0.2) is 17.5 Å². The summed E-state index contributed by atoms with van der Waals surface area (Å²) in [6.07, 6.45) is 4.76. The molecule has 6 atom stereocenters. The van der Waals surface area contributed by atoms with Gasteiger partial charge in [0.25, 0.3) is 5.91 Å². The Labute approximate surface area is 363 Å². The van der Waals surface area contributed by atoms with Crippen molar-refractivity contribution in [3.05, 3.63) is 105 Å². The van der Waals surface area contributed by atoms with Gasteiger partial charge in [-0.2, -0.15) is 0 Å². The summed E-state index contributed by atoms with van der Waals surface area (Å²) in [6.45, 7) is -0.724. The third-order valence-corrected chi connectivity index (χ3v) is 13.4. The summed E-state index contributed by atoms with van der Waals surface area (Å²) in [5.74, 6) is 2.10. The minimum Gasteiger partial charge on any atom is -0.506 e. The Balaban J connectivity index is 1.23. The van der Waals surface area contributed by atoms with Gasteiger partial charge in [-0.25, -0.2) is 0 Å². The van der Waals surface area contributed by atoms with Crippen molar-refractivity contribution >= 4 is 39.4 Å². The van der Waals surface area contributed by atoms with Gasteiger partial charge < -0.3 is 59.3 Å². The standard InChI is InChI=1S/C49H49N3O11/c1-50-20-26-12-14-36-33(17-26)34(21-51-36)38-15-13-31-39(59-2)19-29-18-32(27-7-3-4-8-27)42-37(54)23-52-22-35-28(9-5-11-30(35)47(52)57)10-6-16-60-46-43(55)40(24-61-38)62-48(49(46,58)25-53)63-45(31)41(29)44(42)56/h5,9,11-15,17-19,21,27,38,40,43,46,48,50-51,53,55-56,58H,3-4,7-8,10,20,22-25H2,1-2H3/b15-13+/t38-,40-,43-,46+,48-,49-/m1/s1. The fourth-order valence-electron chi connectivity index (χ4n) is 10.1. The largest absolute Gasteiger partial charge is 0.506 e. The average molecular weight is 856 g/mol. The summed E-state index contributed by atoms with van der Waals surface area (Å²) < 4.78 is 31.9. The van der Waals surface area contributed by atoms with E-state index < -0.39 is 48.7 Å². The number of aliphatic hydroxyl groups excluding tert-OH is 2. The molecule has 63 heavy (non-hydrogen) atoms. The number of phenolic OH excluding ortho intramolecular Hbond substituents is 1. The average Bonchev–Trinajstić information content (AvgIpc) is 4.04. The number of nitrogens with zero attached hydrogens (tertiary/aromatic N) is 1. The second-order valence-corrected chi connectivity index (χ2v) is 17.1. The first kappa shape index (κ1) is 41.1. The molecule has 0 spiro atoms. The van der Waals surface area contributed by atoms with Gasteiger partial charge in [-0.1, -0.05) is 43.0 Å². The van der Waals surface area contributed by atoms with Crippen molar-refractivity contribution in [1.29, 1.82) is 0 Å². The van der Waals surface area contributed by atoms with E-state index in [-0.39, 0.29) is 60.4 Å². The number of carbonyl (C=O) groups is 2. The molecule has 5 aliphatic rings. The predicted octanol–water partition coefficient (Wildman–Crippen LogP) is 5.13. The summed E-state index contributed by atoms with van der Waals surface area (Å²) >= 11 is 0. The van der Waals surface area contributed by atoms with E-state index >= 15 is 0 Å². The fourth-order valence-corrected chi connectivity index (χ4v) is 10.1. The second-order valence-electron chi connectivity index (χ2n) is 17.1. The van der Waals surface area contributed by atoms with Crippen molar-refractivity contribution in [3.63, 3.8) is 0 Å². The molecular weight excluding hydrogens is 807 g/mol. The maximum atomic E-state index is 14.8. The lowest BCUT2D eigenvalue weighted by Gasteiger charge is -2.47. The number of Topliss-reactive ketones (excluding diaryl/α,β-unsaturated/α-hetero) is 1. The van der Waals surface area contributed by atoms with Crippen LogP contribution in [0.25, 0.3) is 27.8 Å². The van der Waals surface area contributed by atoms with Crippen molar-refractivity contribution in [2.75, 3.05) is 33.9 Å². The monoisotopic (exact) mass is 855 g/mol. The van der Waals surface area contributed by atoms with E-state index in [0.717, 1.165) is 58.8 Å². The normalized spacial score (nSPS) is 26.4. The van der Waals surface area contributed by atoms with E-state index in [1.54, 1.807) is 30.4 Å². The van der Waals surface area contributed by atoms with Crippen molar-refractivity contribution in [3.8, 4) is 29.3 Å². The van der Waals surface area contributed by atoms with Gasteiger partial charge in [0, 0.05) is 47.7 Å². The number of rotatable bonds is 6. The van der Waals surface area contributed by atoms with Crippen LogP contribution in [0.2, 0.25) is 0 Å². The highest BCUT2D eigenvalue weighted by molar-refractivity contribution is 6.11. The molecule has 1 saturated heterocycles. The molecule has 14 nitrogen and oxygen atoms in total. The molecule has 4 aliphatic heterocycles.